The minimum Gasteiger partial charge on any atom is -0.497 e. The summed E-state index contributed by atoms with van der Waals surface area (Å²) in [5, 5.41) is 2.99. The van der Waals surface area contributed by atoms with Crippen LogP contribution in [0.2, 0.25) is 0 Å². The minimum atomic E-state index is -0.100. The van der Waals surface area contributed by atoms with Crippen LogP contribution in [0.3, 0.4) is 0 Å². The zero-order valence-corrected chi connectivity index (χ0v) is 12.0. The number of ether oxygens (including phenoxy) is 1. The molecular weight excluding hydrogens is 250 g/mol. The van der Waals surface area contributed by atoms with E-state index in [9.17, 15) is 4.79 Å². The minimum absolute atomic E-state index is 0.0331. The first-order chi connectivity index (χ1) is 9.60. The molecule has 20 heavy (non-hydrogen) atoms. The summed E-state index contributed by atoms with van der Waals surface area (Å²) in [6.07, 6.45) is 0. The third-order valence-electron chi connectivity index (χ3n) is 3.26. The predicted molar refractivity (Wildman–Crippen MR) is 80.1 cm³/mol. The van der Waals surface area contributed by atoms with Gasteiger partial charge in [0, 0.05) is 5.56 Å². The number of hydrogen-bond donors (Lipinski definition) is 1. The molecule has 2 aromatic carbocycles. The van der Waals surface area contributed by atoms with Gasteiger partial charge in [-0.2, -0.15) is 0 Å². The van der Waals surface area contributed by atoms with E-state index < -0.39 is 0 Å². The van der Waals surface area contributed by atoms with Crippen LogP contribution in [0.4, 0.5) is 0 Å². The summed E-state index contributed by atoms with van der Waals surface area (Å²) in [4.78, 5) is 12.2. The summed E-state index contributed by atoms with van der Waals surface area (Å²) < 4.78 is 5.13. The number of hydrogen-bond acceptors (Lipinski definition) is 2. The molecule has 0 aliphatic heterocycles. The monoisotopic (exact) mass is 269 g/mol. The Kier molecular flexibility index (Phi) is 4.41. The van der Waals surface area contributed by atoms with Crippen LogP contribution in [-0.2, 0) is 0 Å². The quantitative estimate of drug-likeness (QED) is 0.922. The topological polar surface area (TPSA) is 38.3 Å². The molecule has 0 spiro atoms. The molecule has 2 rings (SSSR count). The van der Waals surface area contributed by atoms with Crippen molar-refractivity contribution >= 4 is 5.91 Å². The average Bonchev–Trinajstić information content (AvgIpc) is 2.47. The Morgan fingerprint density at radius 2 is 1.85 bits per heavy atom. The number of methoxy groups -OCH3 is 1. The van der Waals surface area contributed by atoms with Gasteiger partial charge in [-0.3, -0.25) is 4.79 Å². The Hall–Kier alpha value is -2.29. The molecule has 1 atom stereocenters. The van der Waals surface area contributed by atoms with Gasteiger partial charge in [0.2, 0.25) is 0 Å². The van der Waals surface area contributed by atoms with Crippen molar-refractivity contribution in [1.82, 2.24) is 5.32 Å². The van der Waals surface area contributed by atoms with Gasteiger partial charge in [-0.05, 0) is 37.6 Å². The lowest BCUT2D eigenvalue weighted by molar-refractivity contribution is 0.0939. The molecule has 0 fully saturated rings. The van der Waals surface area contributed by atoms with Gasteiger partial charge in [0.05, 0.1) is 13.2 Å². The number of amides is 1. The second-order valence-electron chi connectivity index (χ2n) is 4.84. The summed E-state index contributed by atoms with van der Waals surface area (Å²) in [6.45, 7) is 4.02. The van der Waals surface area contributed by atoms with E-state index in [-0.39, 0.29) is 11.9 Å². The fraction of sp³-hybridized carbons (Fsp3) is 0.235. The number of nitrogens with one attached hydrogen (secondary N) is 1. The lowest BCUT2D eigenvalue weighted by Gasteiger charge is -2.15. The first-order valence-electron chi connectivity index (χ1n) is 6.61. The fourth-order valence-corrected chi connectivity index (χ4v) is 1.98. The Bertz CT molecular complexity index is 590. The maximum Gasteiger partial charge on any atom is 0.251 e. The highest BCUT2D eigenvalue weighted by Crippen LogP contribution is 2.16. The average molecular weight is 269 g/mol. The molecule has 0 heterocycles. The second-order valence-corrected chi connectivity index (χ2v) is 4.84. The highest BCUT2D eigenvalue weighted by atomic mass is 16.5. The molecular formula is C17H19NO2. The third kappa shape index (κ3) is 3.38. The van der Waals surface area contributed by atoms with Crippen molar-refractivity contribution < 1.29 is 9.53 Å². The van der Waals surface area contributed by atoms with Gasteiger partial charge in [0.1, 0.15) is 5.75 Å². The van der Waals surface area contributed by atoms with Gasteiger partial charge in [0.25, 0.3) is 5.91 Å². The zero-order chi connectivity index (χ0) is 14.5. The lowest BCUT2D eigenvalue weighted by Crippen LogP contribution is -2.26. The van der Waals surface area contributed by atoms with Crippen molar-refractivity contribution in [3.63, 3.8) is 0 Å². The second kappa shape index (κ2) is 6.24. The summed E-state index contributed by atoms with van der Waals surface area (Å²) >= 11 is 0. The zero-order valence-electron chi connectivity index (χ0n) is 12.0. The van der Waals surface area contributed by atoms with Crippen LogP contribution < -0.4 is 10.1 Å². The van der Waals surface area contributed by atoms with E-state index in [0.29, 0.717) is 11.3 Å². The molecule has 1 N–H and O–H groups in total. The molecule has 2 aromatic rings. The van der Waals surface area contributed by atoms with E-state index >= 15 is 0 Å². The Labute approximate surface area is 119 Å². The summed E-state index contributed by atoms with van der Waals surface area (Å²) in [7, 11) is 1.59. The SMILES string of the molecule is COc1cccc(C(=O)NC(C)c2ccc(C)cc2)c1. The highest BCUT2D eigenvalue weighted by molar-refractivity contribution is 5.94. The Morgan fingerprint density at radius 1 is 1.15 bits per heavy atom. The van der Waals surface area contributed by atoms with E-state index in [1.807, 2.05) is 50.2 Å². The molecule has 0 aliphatic rings. The van der Waals surface area contributed by atoms with Gasteiger partial charge < -0.3 is 10.1 Å². The Morgan fingerprint density at radius 3 is 2.50 bits per heavy atom. The third-order valence-corrected chi connectivity index (χ3v) is 3.26. The van der Waals surface area contributed by atoms with Crippen molar-refractivity contribution in [2.24, 2.45) is 0 Å². The standard InChI is InChI=1S/C17H19NO2/c1-12-7-9-14(10-8-12)13(2)18-17(19)15-5-4-6-16(11-15)20-3/h4-11,13H,1-3H3,(H,18,19). The molecule has 0 radical (unpaired) electrons. The summed E-state index contributed by atoms with van der Waals surface area (Å²) in [6, 6.07) is 15.3. The summed E-state index contributed by atoms with van der Waals surface area (Å²) in [5.41, 5.74) is 2.90. The molecule has 1 unspecified atom stereocenters. The van der Waals surface area contributed by atoms with Gasteiger partial charge in [-0.15, -0.1) is 0 Å². The lowest BCUT2D eigenvalue weighted by atomic mass is 10.1. The fourth-order valence-electron chi connectivity index (χ4n) is 1.98. The van der Waals surface area contributed by atoms with E-state index in [1.54, 1.807) is 19.2 Å². The number of benzene rings is 2. The Balaban J connectivity index is 2.08. The van der Waals surface area contributed by atoms with Crippen molar-refractivity contribution in [2.75, 3.05) is 7.11 Å². The molecule has 3 nitrogen and oxygen atoms in total. The van der Waals surface area contributed by atoms with Crippen LogP contribution in [0.5, 0.6) is 5.75 Å². The van der Waals surface area contributed by atoms with Crippen LogP contribution in [0.15, 0.2) is 48.5 Å². The normalized spacial score (nSPS) is 11.8. The first kappa shape index (κ1) is 14.1. The van der Waals surface area contributed by atoms with Crippen molar-refractivity contribution in [3.05, 3.63) is 65.2 Å². The largest absolute Gasteiger partial charge is 0.497 e. The maximum absolute atomic E-state index is 12.2. The molecule has 0 aromatic heterocycles. The molecule has 3 heteroatoms. The number of aryl methyl sites for hydroxylation is 1. The van der Waals surface area contributed by atoms with Gasteiger partial charge in [-0.25, -0.2) is 0 Å². The molecule has 0 saturated carbocycles. The van der Waals surface area contributed by atoms with Crippen LogP contribution >= 0.6 is 0 Å². The van der Waals surface area contributed by atoms with Crippen molar-refractivity contribution in [1.29, 1.82) is 0 Å². The molecule has 0 aliphatic carbocycles. The molecule has 1 amide bonds. The van der Waals surface area contributed by atoms with Crippen molar-refractivity contribution in [3.8, 4) is 5.75 Å². The number of rotatable bonds is 4. The summed E-state index contributed by atoms with van der Waals surface area (Å²) in [5.74, 6) is 0.581. The van der Waals surface area contributed by atoms with E-state index in [0.717, 1.165) is 5.56 Å². The van der Waals surface area contributed by atoms with E-state index in [4.69, 9.17) is 4.74 Å². The predicted octanol–water partition coefficient (Wildman–Crippen LogP) is 3.49. The van der Waals surface area contributed by atoms with Crippen LogP contribution in [0, 0.1) is 6.92 Å². The number of carbonyl (C=O) groups is 1. The van der Waals surface area contributed by atoms with E-state index in [2.05, 4.69) is 5.32 Å². The first-order valence-corrected chi connectivity index (χ1v) is 6.61. The smallest absolute Gasteiger partial charge is 0.251 e. The number of carbonyl (C=O) groups excluding carboxylic acids is 1. The van der Waals surface area contributed by atoms with Crippen LogP contribution in [-0.4, -0.2) is 13.0 Å². The molecule has 0 bridgehead atoms. The molecule has 104 valence electrons. The van der Waals surface area contributed by atoms with Crippen LogP contribution in [0.25, 0.3) is 0 Å². The van der Waals surface area contributed by atoms with Gasteiger partial charge >= 0.3 is 0 Å². The van der Waals surface area contributed by atoms with E-state index in [1.165, 1.54) is 5.56 Å². The van der Waals surface area contributed by atoms with Crippen molar-refractivity contribution in [2.45, 2.75) is 19.9 Å². The van der Waals surface area contributed by atoms with Crippen LogP contribution in [0.1, 0.15) is 34.5 Å². The van der Waals surface area contributed by atoms with Gasteiger partial charge in [0.15, 0.2) is 0 Å². The highest BCUT2D eigenvalue weighted by Gasteiger charge is 2.11. The van der Waals surface area contributed by atoms with Gasteiger partial charge in [-0.1, -0.05) is 35.9 Å². The maximum atomic E-state index is 12.2. The molecule has 0 saturated heterocycles.